The van der Waals surface area contributed by atoms with Crippen LogP contribution in [0, 0.1) is 12.7 Å². The SMILES string of the molecule is CC[S@@](=O)c1ccccc1NC(=O)c1oc2ccc(F)cc2c1C. The molecule has 2 aromatic carbocycles. The fourth-order valence-electron chi connectivity index (χ4n) is 2.51. The van der Waals surface area contributed by atoms with Gasteiger partial charge in [0.1, 0.15) is 11.4 Å². The third kappa shape index (κ3) is 2.97. The molecular formula is C18H16FNO3S. The van der Waals surface area contributed by atoms with Gasteiger partial charge in [-0.25, -0.2) is 4.39 Å². The highest BCUT2D eigenvalue weighted by molar-refractivity contribution is 7.85. The van der Waals surface area contributed by atoms with Crippen LogP contribution in [0.5, 0.6) is 0 Å². The van der Waals surface area contributed by atoms with Crippen molar-refractivity contribution in [2.45, 2.75) is 18.7 Å². The number of rotatable bonds is 4. The van der Waals surface area contributed by atoms with E-state index in [9.17, 15) is 13.4 Å². The first-order valence-electron chi connectivity index (χ1n) is 7.48. The summed E-state index contributed by atoms with van der Waals surface area (Å²) in [7, 11) is -1.19. The van der Waals surface area contributed by atoms with E-state index in [4.69, 9.17) is 4.42 Å². The lowest BCUT2D eigenvalue weighted by atomic mass is 10.1. The minimum atomic E-state index is -1.19. The zero-order chi connectivity index (χ0) is 17.3. The van der Waals surface area contributed by atoms with Crippen molar-refractivity contribution in [2.75, 3.05) is 11.1 Å². The average molecular weight is 345 g/mol. The van der Waals surface area contributed by atoms with E-state index in [1.165, 1.54) is 18.2 Å². The summed E-state index contributed by atoms with van der Waals surface area (Å²) in [5, 5.41) is 3.30. The van der Waals surface area contributed by atoms with Gasteiger partial charge >= 0.3 is 0 Å². The Balaban J connectivity index is 1.97. The second-order valence-electron chi connectivity index (χ2n) is 5.28. The first kappa shape index (κ1) is 16.4. The molecule has 0 bridgehead atoms. The molecule has 3 rings (SSSR count). The molecule has 0 saturated carbocycles. The number of benzene rings is 2. The highest BCUT2D eigenvalue weighted by atomic mass is 32.2. The van der Waals surface area contributed by atoms with Gasteiger partial charge in [-0.3, -0.25) is 9.00 Å². The fraction of sp³-hybridized carbons (Fsp3) is 0.167. The number of halogens is 1. The Bertz CT molecular complexity index is 949. The van der Waals surface area contributed by atoms with Crippen LogP contribution in [0.4, 0.5) is 10.1 Å². The first-order chi connectivity index (χ1) is 11.5. The Labute approximate surface area is 141 Å². The monoisotopic (exact) mass is 345 g/mol. The number of fused-ring (bicyclic) bond motifs is 1. The van der Waals surface area contributed by atoms with Crippen LogP contribution < -0.4 is 5.32 Å². The van der Waals surface area contributed by atoms with Crippen LogP contribution in [0.1, 0.15) is 23.0 Å². The third-order valence-electron chi connectivity index (χ3n) is 3.75. The molecule has 1 amide bonds. The van der Waals surface area contributed by atoms with Crippen molar-refractivity contribution in [3.8, 4) is 0 Å². The molecular weight excluding hydrogens is 329 g/mol. The van der Waals surface area contributed by atoms with Gasteiger partial charge in [0, 0.05) is 16.7 Å². The quantitative estimate of drug-likeness (QED) is 0.768. The van der Waals surface area contributed by atoms with E-state index in [0.29, 0.717) is 32.9 Å². The fourth-order valence-corrected chi connectivity index (χ4v) is 3.42. The van der Waals surface area contributed by atoms with Crippen LogP contribution in [0.15, 0.2) is 51.8 Å². The topological polar surface area (TPSA) is 59.3 Å². The maximum absolute atomic E-state index is 13.4. The Morgan fingerprint density at radius 2 is 2.00 bits per heavy atom. The zero-order valence-electron chi connectivity index (χ0n) is 13.3. The number of furan rings is 1. The largest absolute Gasteiger partial charge is 0.451 e. The van der Waals surface area contributed by atoms with Gasteiger partial charge in [-0.15, -0.1) is 0 Å². The Morgan fingerprint density at radius 3 is 2.75 bits per heavy atom. The summed E-state index contributed by atoms with van der Waals surface area (Å²) < 4.78 is 31.0. The van der Waals surface area contributed by atoms with Crippen LogP contribution in [0.3, 0.4) is 0 Å². The van der Waals surface area contributed by atoms with Crippen molar-refractivity contribution in [1.29, 1.82) is 0 Å². The number of aryl methyl sites for hydroxylation is 1. The summed E-state index contributed by atoms with van der Waals surface area (Å²) in [5.41, 5.74) is 1.49. The van der Waals surface area contributed by atoms with Gasteiger partial charge < -0.3 is 9.73 Å². The van der Waals surface area contributed by atoms with Gasteiger partial charge in [0.05, 0.1) is 21.4 Å². The second-order valence-corrected chi connectivity index (χ2v) is 6.99. The molecule has 1 N–H and O–H groups in total. The van der Waals surface area contributed by atoms with E-state index in [-0.39, 0.29) is 11.6 Å². The van der Waals surface area contributed by atoms with Crippen LogP contribution in [0.2, 0.25) is 0 Å². The first-order valence-corrected chi connectivity index (χ1v) is 8.80. The summed E-state index contributed by atoms with van der Waals surface area (Å²) in [6.45, 7) is 3.52. The summed E-state index contributed by atoms with van der Waals surface area (Å²) in [4.78, 5) is 13.1. The molecule has 1 heterocycles. The predicted octanol–water partition coefficient (Wildman–Crippen LogP) is 4.26. The smallest absolute Gasteiger partial charge is 0.291 e. The maximum atomic E-state index is 13.4. The molecule has 0 aliphatic heterocycles. The summed E-state index contributed by atoms with van der Waals surface area (Å²) in [6.07, 6.45) is 0. The molecule has 0 unspecified atom stereocenters. The van der Waals surface area contributed by atoms with Crippen molar-refractivity contribution >= 4 is 33.4 Å². The van der Waals surface area contributed by atoms with Crippen molar-refractivity contribution in [3.63, 3.8) is 0 Å². The molecule has 1 atom stereocenters. The van der Waals surface area contributed by atoms with Crippen molar-refractivity contribution in [2.24, 2.45) is 0 Å². The van der Waals surface area contributed by atoms with Crippen molar-refractivity contribution < 1.29 is 17.8 Å². The van der Waals surface area contributed by atoms with Gasteiger partial charge in [-0.2, -0.15) is 0 Å². The molecule has 0 aliphatic carbocycles. The minimum Gasteiger partial charge on any atom is -0.451 e. The molecule has 24 heavy (non-hydrogen) atoms. The number of carbonyl (C=O) groups excluding carboxylic acids is 1. The number of para-hydroxylation sites is 1. The lowest BCUT2D eigenvalue weighted by Gasteiger charge is -2.09. The Kier molecular flexibility index (Phi) is 4.49. The standard InChI is InChI=1S/C18H16FNO3S/c1-3-24(22)16-7-5-4-6-14(16)20-18(21)17-11(2)13-10-12(19)8-9-15(13)23-17/h4-10H,3H2,1-2H3,(H,20,21)/t24-/m1/s1. The summed E-state index contributed by atoms with van der Waals surface area (Å²) >= 11 is 0. The van der Waals surface area contributed by atoms with Gasteiger partial charge in [0.15, 0.2) is 5.76 Å². The van der Waals surface area contributed by atoms with Crippen molar-refractivity contribution in [1.82, 2.24) is 0 Å². The highest BCUT2D eigenvalue weighted by Crippen LogP contribution is 2.27. The minimum absolute atomic E-state index is 0.118. The molecule has 4 nitrogen and oxygen atoms in total. The molecule has 0 aliphatic rings. The summed E-state index contributed by atoms with van der Waals surface area (Å²) in [6, 6.07) is 11.1. The normalized spacial score (nSPS) is 12.3. The molecule has 0 spiro atoms. The van der Waals surface area contributed by atoms with Gasteiger partial charge in [-0.1, -0.05) is 19.1 Å². The third-order valence-corrected chi connectivity index (χ3v) is 5.12. The Hall–Kier alpha value is -2.47. The van der Waals surface area contributed by atoms with E-state index < -0.39 is 16.7 Å². The number of anilines is 1. The van der Waals surface area contributed by atoms with E-state index in [0.717, 1.165) is 0 Å². The number of hydrogen-bond donors (Lipinski definition) is 1. The number of amides is 1. The highest BCUT2D eigenvalue weighted by Gasteiger charge is 2.19. The molecule has 124 valence electrons. The van der Waals surface area contributed by atoms with E-state index in [2.05, 4.69) is 5.32 Å². The number of nitrogens with one attached hydrogen (secondary N) is 1. The van der Waals surface area contributed by atoms with Crippen LogP contribution in [-0.2, 0) is 10.8 Å². The van der Waals surface area contributed by atoms with E-state index in [1.807, 2.05) is 6.92 Å². The van der Waals surface area contributed by atoms with E-state index >= 15 is 0 Å². The molecule has 0 radical (unpaired) electrons. The van der Waals surface area contributed by atoms with Gasteiger partial charge in [-0.05, 0) is 37.3 Å². The average Bonchev–Trinajstić information content (AvgIpc) is 2.91. The number of hydrogen-bond acceptors (Lipinski definition) is 3. The predicted molar refractivity (Wildman–Crippen MR) is 92.3 cm³/mol. The molecule has 0 saturated heterocycles. The van der Waals surface area contributed by atoms with Gasteiger partial charge in [0.25, 0.3) is 5.91 Å². The Morgan fingerprint density at radius 1 is 1.25 bits per heavy atom. The second kappa shape index (κ2) is 6.57. The zero-order valence-corrected chi connectivity index (χ0v) is 14.1. The van der Waals surface area contributed by atoms with E-state index in [1.54, 1.807) is 31.2 Å². The summed E-state index contributed by atoms with van der Waals surface area (Å²) in [5.74, 6) is -0.269. The van der Waals surface area contributed by atoms with Crippen LogP contribution >= 0.6 is 0 Å². The van der Waals surface area contributed by atoms with Crippen molar-refractivity contribution in [3.05, 3.63) is 59.6 Å². The molecule has 6 heteroatoms. The van der Waals surface area contributed by atoms with Gasteiger partial charge in [0.2, 0.25) is 0 Å². The lowest BCUT2D eigenvalue weighted by molar-refractivity contribution is 0.0997. The van der Waals surface area contributed by atoms with Crippen LogP contribution in [-0.4, -0.2) is 15.9 Å². The lowest BCUT2D eigenvalue weighted by Crippen LogP contribution is -2.14. The molecule has 3 aromatic rings. The molecule has 1 aromatic heterocycles. The number of carbonyl (C=O) groups is 1. The molecule has 0 fully saturated rings. The van der Waals surface area contributed by atoms with Crippen LogP contribution in [0.25, 0.3) is 11.0 Å². The maximum Gasteiger partial charge on any atom is 0.291 e.